The van der Waals surface area contributed by atoms with Crippen molar-refractivity contribution in [3.05, 3.63) is 23.4 Å². The van der Waals surface area contributed by atoms with Gasteiger partial charge in [0.25, 0.3) is 0 Å². The molecule has 0 aromatic carbocycles. The molecule has 0 bridgehead atoms. The molecule has 3 rings (SSSR count). The van der Waals surface area contributed by atoms with Crippen molar-refractivity contribution in [2.75, 3.05) is 49.7 Å². The van der Waals surface area contributed by atoms with Crippen molar-refractivity contribution in [3.8, 4) is 0 Å². The highest BCUT2D eigenvalue weighted by molar-refractivity contribution is 7.09. The Morgan fingerprint density at radius 2 is 2.00 bits per heavy atom. The largest absolute Gasteiger partial charge is 0.384 e. The fraction of sp³-hybridized carbons (Fsp3) is 0.538. The lowest BCUT2D eigenvalue weighted by atomic mass is 10.3. The van der Waals surface area contributed by atoms with Crippen LogP contribution in [0, 0.1) is 0 Å². The molecule has 0 amide bonds. The van der Waals surface area contributed by atoms with E-state index in [2.05, 4.69) is 29.1 Å². The van der Waals surface area contributed by atoms with Crippen molar-refractivity contribution >= 4 is 34.1 Å². The van der Waals surface area contributed by atoms with Gasteiger partial charge in [0, 0.05) is 57.3 Å². The van der Waals surface area contributed by atoms with Crippen LogP contribution >= 0.6 is 23.1 Å². The molecule has 1 fully saturated rings. The number of nitrogens with zero attached hydrogens (tertiary/aromatic N) is 6. The molecule has 1 saturated heterocycles. The fourth-order valence-corrected chi connectivity index (χ4v) is 3.20. The van der Waals surface area contributed by atoms with Crippen LogP contribution in [-0.4, -0.2) is 59.2 Å². The summed E-state index contributed by atoms with van der Waals surface area (Å²) >= 11 is 7.37. The van der Waals surface area contributed by atoms with E-state index in [0.717, 1.165) is 49.4 Å². The van der Waals surface area contributed by atoms with Gasteiger partial charge >= 0.3 is 0 Å². The standard InChI is InChI=1S/C13H17ClN6OS/c1-21-7-2-11-17-13(22-18-11)20-5-3-19(4-6-20)12-8-10(14)15-9-16-12/h8-9H,2-7H2,1H3. The van der Waals surface area contributed by atoms with Gasteiger partial charge in [-0.15, -0.1) is 0 Å². The minimum Gasteiger partial charge on any atom is -0.384 e. The first kappa shape index (κ1) is 15.4. The van der Waals surface area contributed by atoms with Gasteiger partial charge < -0.3 is 14.5 Å². The number of anilines is 2. The first-order valence-electron chi connectivity index (χ1n) is 7.05. The van der Waals surface area contributed by atoms with Crippen LogP contribution in [0.3, 0.4) is 0 Å². The summed E-state index contributed by atoms with van der Waals surface area (Å²) in [6, 6.07) is 1.80. The average Bonchev–Trinajstić information content (AvgIpc) is 3.02. The molecule has 2 aromatic rings. The Bertz CT molecular complexity index is 616. The van der Waals surface area contributed by atoms with Crippen molar-refractivity contribution in [3.63, 3.8) is 0 Å². The van der Waals surface area contributed by atoms with Crippen LogP contribution in [0.2, 0.25) is 5.15 Å². The molecule has 0 aliphatic carbocycles. The van der Waals surface area contributed by atoms with Crippen molar-refractivity contribution < 1.29 is 4.74 Å². The van der Waals surface area contributed by atoms with Crippen molar-refractivity contribution in [2.24, 2.45) is 0 Å². The Balaban J connectivity index is 1.58. The third-order valence-corrected chi connectivity index (χ3v) is 4.50. The number of piperazine rings is 1. The second-order valence-corrected chi connectivity index (χ2v) is 6.03. The van der Waals surface area contributed by atoms with Crippen molar-refractivity contribution in [1.82, 2.24) is 19.3 Å². The second kappa shape index (κ2) is 7.17. The maximum atomic E-state index is 5.92. The third kappa shape index (κ3) is 3.63. The summed E-state index contributed by atoms with van der Waals surface area (Å²) in [5.74, 6) is 1.73. The van der Waals surface area contributed by atoms with Crippen LogP contribution in [-0.2, 0) is 11.2 Å². The normalized spacial score (nSPS) is 15.4. The Kier molecular flexibility index (Phi) is 5.01. The van der Waals surface area contributed by atoms with Gasteiger partial charge in [-0.2, -0.15) is 4.37 Å². The maximum absolute atomic E-state index is 5.92. The molecule has 0 N–H and O–H groups in total. The molecule has 1 aliphatic rings. The van der Waals surface area contributed by atoms with Gasteiger partial charge in [0.1, 0.15) is 23.1 Å². The molecule has 9 heteroatoms. The van der Waals surface area contributed by atoms with Crippen molar-refractivity contribution in [2.45, 2.75) is 6.42 Å². The van der Waals surface area contributed by atoms with Crippen LogP contribution in [0.25, 0.3) is 0 Å². The van der Waals surface area contributed by atoms with E-state index in [1.165, 1.54) is 17.9 Å². The molecule has 3 heterocycles. The Morgan fingerprint density at radius 3 is 2.73 bits per heavy atom. The van der Waals surface area contributed by atoms with Gasteiger partial charge in [-0.25, -0.2) is 15.0 Å². The molecule has 0 spiro atoms. The number of hydrogen-bond donors (Lipinski definition) is 0. The summed E-state index contributed by atoms with van der Waals surface area (Å²) in [7, 11) is 1.69. The van der Waals surface area contributed by atoms with Crippen LogP contribution in [0.4, 0.5) is 10.9 Å². The molecule has 2 aromatic heterocycles. The molecule has 0 atom stereocenters. The molecule has 118 valence electrons. The lowest BCUT2D eigenvalue weighted by molar-refractivity contribution is 0.201. The summed E-state index contributed by atoms with van der Waals surface area (Å²) in [5.41, 5.74) is 0. The van der Waals surface area contributed by atoms with E-state index in [0.29, 0.717) is 11.8 Å². The van der Waals surface area contributed by atoms with E-state index in [-0.39, 0.29) is 0 Å². The number of rotatable bonds is 5. The first-order chi connectivity index (χ1) is 10.8. The molecule has 22 heavy (non-hydrogen) atoms. The monoisotopic (exact) mass is 340 g/mol. The van der Waals surface area contributed by atoms with E-state index in [1.54, 1.807) is 13.2 Å². The number of ether oxygens (including phenoxy) is 1. The topological polar surface area (TPSA) is 67.3 Å². The van der Waals surface area contributed by atoms with Crippen LogP contribution in [0.15, 0.2) is 12.4 Å². The summed E-state index contributed by atoms with van der Waals surface area (Å²) < 4.78 is 9.43. The summed E-state index contributed by atoms with van der Waals surface area (Å²) in [6.07, 6.45) is 2.25. The van der Waals surface area contributed by atoms with E-state index >= 15 is 0 Å². The van der Waals surface area contributed by atoms with Crippen molar-refractivity contribution in [1.29, 1.82) is 0 Å². The zero-order valence-electron chi connectivity index (χ0n) is 12.3. The third-order valence-electron chi connectivity index (χ3n) is 3.48. The molecule has 0 unspecified atom stereocenters. The molecular formula is C13H17ClN6OS. The number of methoxy groups -OCH3 is 1. The summed E-state index contributed by atoms with van der Waals surface area (Å²) in [4.78, 5) is 17.2. The molecule has 1 aliphatic heterocycles. The van der Waals surface area contributed by atoms with Crippen LogP contribution in [0.1, 0.15) is 5.82 Å². The van der Waals surface area contributed by atoms with Gasteiger partial charge in [0.2, 0.25) is 5.13 Å². The van der Waals surface area contributed by atoms with E-state index in [1.807, 2.05) is 0 Å². The van der Waals surface area contributed by atoms with Gasteiger partial charge in [-0.1, -0.05) is 11.6 Å². The maximum Gasteiger partial charge on any atom is 0.205 e. The predicted octanol–water partition coefficient (Wildman–Crippen LogP) is 1.50. The van der Waals surface area contributed by atoms with E-state index < -0.39 is 0 Å². The Labute approximate surface area is 138 Å². The quantitative estimate of drug-likeness (QED) is 0.764. The summed E-state index contributed by atoms with van der Waals surface area (Å²) in [6.45, 7) is 4.18. The van der Waals surface area contributed by atoms with Gasteiger partial charge in [0.15, 0.2) is 0 Å². The minimum absolute atomic E-state index is 0.472. The zero-order chi connectivity index (χ0) is 15.4. The highest BCUT2D eigenvalue weighted by Gasteiger charge is 2.21. The molecule has 7 nitrogen and oxygen atoms in total. The first-order valence-corrected chi connectivity index (χ1v) is 8.20. The van der Waals surface area contributed by atoms with Gasteiger partial charge in [0.05, 0.1) is 6.61 Å². The van der Waals surface area contributed by atoms with Gasteiger partial charge in [-0.05, 0) is 0 Å². The smallest absolute Gasteiger partial charge is 0.205 e. The second-order valence-electron chi connectivity index (χ2n) is 4.91. The zero-order valence-corrected chi connectivity index (χ0v) is 13.8. The number of hydrogen-bond acceptors (Lipinski definition) is 8. The van der Waals surface area contributed by atoms with E-state index in [9.17, 15) is 0 Å². The molecular weight excluding hydrogens is 324 g/mol. The Morgan fingerprint density at radius 1 is 1.23 bits per heavy atom. The average molecular weight is 341 g/mol. The minimum atomic E-state index is 0.472. The summed E-state index contributed by atoms with van der Waals surface area (Å²) in [5, 5.41) is 1.45. The molecule has 0 radical (unpaired) electrons. The number of aromatic nitrogens is 4. The fourth-order valence-electron chi connectivity index (χ4n) is 2.29. The van der Waals surface area contributed by atoms with Gasteiger partial charge in [-0.3, -0.25) is 0 Å². The SMILES string of the molecule is COCCc1nsc(N2CCN(c3cc(Cl)ncn3)CC2)n1. The lowest BCUT2D eigenvalue weighted by Gasteiger charge is -2.34. The predicted molar refractivity (Wildman–Crippen MR) is 87.0 cm³/mol. The van der Waals surface area contributed by atoms with E-state index in [4.69, 9.17) is 16.3 Å². The van der Waals surface area contributed by atoms with Crippen LogP contribution < -0.4 is 9.80 Å². The van der Waals surface area contributed by atoms with Crippen LogP contribution in [0.5, 0.6) is 0 Å². The Hall–Kier alpha value is -1.51. The highest BCUT2D eigenvalue weighted by atomic mass is 35.5. The molecule has 0 saturated carbocycles. The number of halogens is 1. The highest BCUT2D eigenvalue weighted by Crippen LogP contribution is 2.22. The lowest BCUT2D eigenvalue weighted by Crippen LogP contribution is -2.46.